The third kappa shape index (κ3) is 34.8. The summed E-state index contributed by atoms with van der Waals surface area (Å²) in [5.74, 6) is 0.221. The lowest BCUT2D eigenvalue weighted by atomic mass is 9.99. The molecule has 1 saturated heterocycles. The Morgan fingerprint density at radius 3 is 1.50 bits per heavy atom. The minimum Gasteiger partial charge on any atom is -0.462 e. The molecule has 0 bridgehead atoms. The normalized spacial score (nSPS) is 16.9. The predicted octanol–water partition coefficient (Wildman–Crippen LogP) is 14.0. The number of aliphatic hydroxyl groups excluding tert-OH is 1. The number of aliphatic hydroxyl groups is 1. The summed E-state index contributed by atoms with van der Waals surface area (Å²) in [5, 5.41) is 9.60. The van der Waals surface area contributed by atoms with Crippen molar-refractivity contribution in [3.05, 3.63) is 60.8 Å². The van der Waals surface area contributed by atoms with E-state index in [-0.39, 0.29) is 31.6 Å². The van der Waals surface area contributed by atoms with Crippen LogP contribution in [0.2, 0.25) is 0 Å². The average molecular weight is 783 g/mol. The van der Waals surface area contributed by atoms with Crippen molar-refractivity contribution in [2.75, 3.05) is 13.2 Å². The first kappa shape index (κ1) is 51.6. The molecule has 4 atom stereocenters. The summed E-state index contributed by atoms with van der Waals surface area (Å²) in [6.07, 6.45) is 54.9. The fraction of sp³-hybridized carbons (Fsp3) is 0.760. The van der Waals surface area contributed by atoms with Crippen LogP contribution < -0.4 is 0 Å². The minimum atomic E-state index is -0.806. The van der Waals surface area contributed by atoms with Crippen LogP contribution in [0.3, 0.4) is 0 Å². The van der Waals surface area contributed by atoms with E-state index in [0.29, 0.717) is 25.0 Å². The molecule has 0 radical (unpaired) electrons. The summed E-state index contributed by atoms with van der Waals surface area (Å²) in [4.78, 5) is 24.4. The van der Waals surface area contributed by atoms with Crippen molar-refractivity contribution < 1.29 is 28.9 Å². The van der Waals surface area contributed by atoms with E-state index in [9.17, 15) is 14.7 Å². The van der Waals surface area contributed by atoms with E-state index in [4.69, 9.17) is 14.2 Å². The SMILES string of the molecule is CC/C=C\CC1OC1C/C=C\C/C=C\C/C=C\C/C=C\CCC(=O)OC[C@H](CO)OC(=O)CCCCCCCCCCCCCCCCCCCCC(C)CC. The van der Waals surface area contributed by atoms with E-state index >= 15 is 0 Å². The van der Waals surface area contributed by atoms with Gasteiger partial charge >= 0.3 is 11.9 Å². The highest BCUT2D eigenvalue weighted by Crippen LogP contribution is 2.29. The average Bonchev–Trinajstić information content (AvgIpc) is 3.96. The van der Waals surface area contributed by atoms with Gasteiger partial charge < -0.3 is 19.3 Å². The maximum absolute atomic E-state index is 12.2. The second kappa shape index (κ2) is 39.4. The Hall–Kier alpha value is -2.44. The zero-order valence-electron chi connectivity index (χ0n) is 36.5. The molecule has 0 aromatic rings. The number of unbranched alkanes of at least 4 members (excludes halogenated alkanes) is 17. The van der Waals surface area contributed by atoms with Crippen molar-refractivity contribution in [2.24, 2.45) is 5.92 Å². The van der Waals surface area contributed by atoms with Crippen molar-refractivity contribution >= 4 is 11.9 Å². The molecule has 1 aliphatic rings. The first-order chi connectivity index (χ1) is 27.5. The third-order valence-corrected chi connectivity index (χ3v) is 10.8. The van der Waals surface area contributed by atoms with Gasteiger partial charge in [0.05, 0.1) is 18.8 Å². The Kier molecular flexibility index (Phi) is 36.3. The lowest BCUT2D eigenvalue weighted by molar-refractivity contribution is -0.161. The number of carbonyl (C=O) groups is 2. The van der Waals surface area contributed by atoms with Crippen LogP contribution in [0, 0.1) is 5.92 Å². The largest absolute Gasteiger partial charge is 0.462 e. The molecule has 0 aromatic carbocycles. The summed E-state index contributed by atoms with van der Waals surface area (Å²) < 4.78 is 16.3. The fourth-order valence-electron chi connectivity index (χ4n) is 6.77. The molecular weight excluding hydrogens is 697 g/mol. The van der Waals surface area contributed by atoms with Gasteiger partial charge in [-0.3, -0.25) is 9.59 Å². The molecule has 1 heterocycles. The molecule has 6 nitrogen and oxygen atoms in total. The molecule has 1 fully saturated rings. The van der Waals surface area contributed by atoms with E-state index in [1.807, 2.05) is 12.2 Å². The number of ether oxygens (including phenoxy) is 3. The maximum Gasteiger partial charge on any atom is 0.306 e. The van der Waals surface area contributed by atoms with Gasteiger partial charge in [-0.2, -0.15) is 0 Å². The summed E-state index contributed by atoms with van der Waals surface area (Å²) in [7, 11) is 0. The number of carbonyl (C=O) groups excluding carboxylic acids is 2. The summed E-state index contributed by atoms with van der Waals surface area (Å²) >= 11 is 0. The number of epoxide rings is 1. The second-order valence-electron chi connectivity index (χ2n) is 16.1. The van der Waals surface area contributed by atoms with Crippen LogP contribution >= 0.6 is 0 Å². The van der Waals surface area contributed by atoms with E-state index < -0.39 is 6.10 Å². The lowest BCUT2D eigenvalue weighted by Gasteiger charge is -2.15. The van der Waals surface area contributed by atoms with Crippen LogP contribution in [0.1, 0.15) is 207 Å². The molecule has 1 rings (SSSR count). The number of esters is 2. The van der Waals surface area contributed by atoms with Crippen LogP contribution in [0.25, 0.3) is 0 Å². The van der Waals surface area contributed by atoms with Crippen LogP contribution in [0.5, 0.6) is 0 Å². The lowest BCUT2D eigenvalue weighted by Crippen LogP contribution is -2.28. The van der Waals surface area contributed by atoms with Gasteiger partial charge in [0, 0.05) is 12.8 Å². The molecule has 0 aromatic heterocycles. The molecular formula is C50H86O6. The van der Waals surface area contributed by atoms with Crippen LogP contribution in [-0.2, 0) is 23.8 Å². The maximum atomic E-state index is 12.2. The molecule has 0 aliphatic carbocycles. The predicted molar refractivity (Wildman–Crippen MR) is 237 cm³/mol. The zero-order valence-corrected chi connectivity index (χ0v) is 36.5. The Labute approximate surface area is 345 Å². The summed E-state index contributed by atoms with van der Waals surface area (Å²) in [6.45, 7) is 6.37. The highest BCUT2D eigenvalue weighted by atomic mass is 16.6. The van der Waals surface area contributed by atoms with E-state index in [2.05, 4.69) is 69.4 Å². The van der Waals surface area contributed by atoms with Gasteiger partial charge in [-0.25, -0.2) is 0 Å². The number of rotatable bonds is 40. The van der Waals surface area contributed by atoms with E-state index in [0.717, 1.165) is 63.7 Å². The monoisotopic (exact) mass is 783 g/mol. The molecule has 1 aliphatic heterocycles. The van der Waals surface area contributed by atoms with Crippen LogP contribution in [0.15, 0.2) is 60.8 Å². The van der Waals surface area contributed by atoms with Gasteiger partial charge in [0.1, 0.15) is 6.61 Å². The molecule has 6 heteroatoms. The van der Waals surface area contributed by atoms with Gasteiger partial charge in [0.25, 0.3) is 0 Å². The molecule has 322 valence electrons. The van der Waals surface area contributed by atoms with Gasteiger partial charge in [0.2, 0.25) is 0 Å². The van der Waals surface area contributed by atoms with Crippen molar-refractivity contribution in [1.82, 2.24) is 0 Å². The topological polar surface area (TPSA) is 85.4 Å². The van der Waals surface area contributed by atoms with Crippen molar-refractivity contribution in [2.45, 2.75) is 225 Å². The zero-order chi connectivity index (χ0) is 40.6. The number of hydrogen-bond donors (Lipinski definition) is 1. The first-order valence-electron chi connectivity index (χ1n) is 23.4. The smallest absolute Gasteiger partial charge is 0.306 e. The number of hydrogen-bond acceptors (Lipinski definition) is 6. The molecule has 0 saturated carbocycles. The van der Waals surface area contributed by atoms with Crippen molar-refractivity contribution in [3.8, 4) is 0 Å². The Balaban J connectivity index is 1.88. The number of allylic oxidation sites excluding steroid dienone is 8. The fourth-order valence-corrected chi connectivity index (χ4v) is 6.77. The molecule has 1 N–H and O–H groups in total. The highest BCUT2D eigenvalue weighted by molar-refractivity contribution is 5.70. The standard InChI is InChI=1S/C50H86O6/c1-4-6-33-39-47-48(56-47)40-35-30-26-22-18-15-16-19-23-27-31-36-41-49(52)54-44-46(43-51)55-50(53)42-37-32-28-24-20-14-12-10-8-7-9-11-13-17-21-25-29-34-38-45(3)5-2/h6,16,18-19,22,27,30-31,33,35,45-48,51H,4-5,7-15,17,20-21,23-26,28-29,32,34,36-44H2,1-3H3/b19-16-,22-18-,31-27-,33-6-,35-30-/t45?,46-,47?,48?/m0/s1. The van der Waals surface area contributed by atoms with Gasteiger partial charge in [0.15, 0.2) is 6.10 Å². The summed E-state index contributed by atoms with van der Waals surface area (Å²) in [6, 6.07) is 0. The Morgan fingerprint density at radius 2 is 1.02 bits per heavy atom. The van der Waals surface area contributed by atoms with Gasteiger partial charge in [-0.15, -0.1) is 0 Å². The van der Waals surface area contributed by atoms with E-state index in [1.54, 1.807) is 0 Å². The molecule has 3 unspecified atom stereocenters. The molecule has 56 heavy (non-hydrogen) atoms. The second-order valence-corrected chi connectivity index (χ2v) is 16.1. The van der Waals surface area contributed by atoms with Crippen LogP contribution in [-0.4, -0.2) is 48.6 Å². The Morgan fingerprint density at radius 1 is 0.571 bits per heavy atom. The van der Waals surface area contributed by atoms with E-state index in [1.165, 1.54) is 109 Å². The molecule has 0 spiro atoms. The van der Waals surface area contributed by atoms with Crippen LogP contribution in [0.4, 0.5) is 0 Å². The highest BCUT2D eigenvalue weighted by Gasteiger charge is 2.35. The quantitative estimate of drug-likeness (QED) is 0.0288. The molecule has 0 amide bonds. The van der Waals surface area contributed by atoms with Crippen molar-refractivity contribution in [3.63, 3.8) is 0 Å². The first-order valence-corrected chi connectivity index (χ1v) is 23.4. The summed E-state index contributed by atoms with van der Waals surface area (Å²) in [5.41, 5.74) is 0. The third-order valence-electron chi connectivity index (χ3n) is 10.8. The van der Waals surface area contributed by atoms with Crippen molar-refractivity contribution in [1.29, 1.82) is 0 Å². The van der Waals surface area contributed by atoms with Gasteiger partial charge in [-0.05, 0) is 57.3 Å². The minimum absolute atomic E-state index is 0.109. The van der Waals surface area contributed by atoms with Gasteiger partial charge in [-0.1, -0.05) is 204 Å². The Bertz CT molecular complexity index is 1060.